The third-order valence-corrected chi connectivity index (χ3v) is 1.81. The smallest absolute Gasteiger partial charge is 0.344 e. The Kier molecular flexibility index (Phi) is 7.12. The third kappa shape index (κ3) is 4.89. The van der Waals surface area contributed by atoms with E-state index in [1.807, 2.05) is 19.2 Å². The normalized spacial score (nSPS) is 8.88. The van der Waals surface area contributed by atoms with Crippen LogP contribution in [0.1, 0.15) is 6.92 Å². The van der Waals surface area contributed by atoms with Crippen LogP contribution in [0.2, 0.25) is 0 Å². The van der Waals surface area contributed by atoms with Crippen molar-refractivity contribution in [3.63, 3.8) is 0 Å². The van der Waals surface area contributed by atoms with E-state index in [0.717, 1.165) is 5.69 Å². The maximum absolute atomic E-state index is 11.0. The highest BCUT2D eigenvalue weighted by Crippen LogP contribution is 2.14. The molecule has 0 unspecified atom stereocenters. The average molecular weight is 246 g/mol. The van der Waals surface area contributed by atoms with Crippen LogP contribution in [-0.4, -0.2) is 26.2 Å². The second-order valence-corrected chi connectivity index (χ2v) is 2.87. The summed E-state index contributed by atoms with van der Waals surface area (Å²) >= 11 is 0. The van der Waals surface area contributed by atoms with Gasteiger partial charge in [0.05, 0.1) is 6.61 Å². The highest BCUT2D eigenvalue weighted by atomic mass is 35.5. The maximum Gasteiger partial charge on any atom is 0.344 e. The van der Waals surface area contributed by atoms with Crippen molar-refractivity contribution in [2.45, 2.75) is 6.92 Å². The Morgan fingerprint density at radius 2 is 1.94 bits per heavy atom. The first-order valence-electron chi connectivity index (χ1n) is 4.82. The summed E-state index contributed by atoms with van der Waals surface area (Å²) in [5.74, 6) is 0.303. The monoisotopic (exact) mass is 245 g/mol. The maximum atomic E-state index is 11.0. The molecule has 0 aliphatic carbocycles. The van der Waals surface area contributed by atoms with Crippen LogP contribution in [0, 0.1) is 0 Å². The van der Waals surface area contributed by atoms with Crippen molar-refractivity contribution in [1.29, 1.82) is 0 Å². The predicted molar refractivity (Wildman–Crippen MR) is 65.4 cm³/mol. The molecule has 1 rings (SSSR count). The molecule has 0 radical (unpaired) electrons. The Morgan fingerprint density at radius 1 is 1.31 bits per heavy atom. The second kappa shape index (κ2) is 7.82. The molecule has 90 valence electrons. The summed E-state index contributed by atoms with van der Waals surface area (Å²) in [5.41, 5.74) is 0.999. The number of hydrogen-bond acceptors (Lipinski definition) is 4. The number of ether oxygens (including phenoxy) is 2. The number of benzene rings is 1. The molecule has 0 heterocycles. The quantitative estimate of drug-likeness (QED) is 0.807. The number of anilines is 1. The number of hydrogen-bond donors (Lipinski definition) is 1. The molecule has 1 aromatic rings. The third-order valence-electron chi connectivity index (χ3n) is 1.81. The van der Waals surface area contributed by atoms with Gasteiger partial charge in [-0.15, -0.1) is 12.4 Å². The van der Waals surface area contributed by atoms with Crippen LogP contribution in [0.15, 0.2) is 24.3 Å². The van der Waals surface area contributed by atoms with Crippen molar-refractivity contribution in [3.05, 3.63) is 24.3 Å². The molecule has 1 N–H and O–H groups in total. The average Bonchev–Trinajstić information content (AvgIpc) is 2.27. The molecule has 16 heavy (non-hydrogen) atoms. The molecule has 0 aliphatic heterocycles. The van der Waals surface area contributed by atoms with Crippen molar-refractivity contribution >= 4 is 24.1 Å². The molecule has 0 atom stereocenters. The molecule has 0 saturated carbocycles. The van der Waals surface area contributed by atoms with E-state index in [4.69, 9.17) is 9.47 Å². The Bertz CT molecular complexity index is 314. The first-order chi connectivity index (χ1) is 7.26. The van der Waals surface area contributed by atoms with Crippen LogP contribution >= 0.6 is 12.4 Å². The van der Waals surface area contributed by atoms with Gasteiger partial charge in [0.2, 0.25) is 0 Å². The minimum absolute atomic E-state index is 0. The van der Waals surface area contributed by atoms with Gasteiger partial charge in [-0.05, 0) is 31.2 Å². The van der Waals surface area contributed by atoms with E-state index in [1.165, 1.54) is 0 Å². The summed E-state index contributed by atoms with van der Waals surface area (Å²) in [6.45, 7) is 2.09. The Hall–Kier alpha value is -1.42. The molecular weight excluding hydrogens is 230 g/mol. The summed E-state index contributed by atoms with van der Waals surface area (Å²) in [5, 5.41) is 2.99. The Labute approximate surface area is 101 Å². The number of carbonyl (C=O) groups is 1. The van der Waals surface area contributed by atoms with Crippen LogP contribution in [0.25, 0.3) is 0 Å². The first kappa shape index (κ1) is 14.6. The highest BCUT2D eigenvalue weighted by molar-refractivity contribution is 5.85. The predicted octanol–water partition coefficient (Wildman–Crippen LogP) is 2.09. The van der Waals surface area contributed by atoms with Crippen molar-refractivity contribution < 1.29 is 14.3 Å². The van der Waals surface area contributed by atoms with E-state index in [1.54, 1.807) is 19.1 Å². The summed E-state index contributed by atoms with van der Waals surface area (Å²) < 4.78 is 9.95. The molecule has 0 fully saturated rings. The number of nitrogens with one attached hydrogen (secondary N) is 1. The standard InChI is InChI=1S/C11H15NO3.ClH/c1-3-14-11(13)8-15-10-6-4-9(12-2)5-7-10;/h4-7,12H,3,8H2,1-2H3;1H. The lowest BCUT2D eigenvalue weighted by atomic mass is 10.3. The van der Waals surface area contributed by atoms with Crippen molar-refractivity contribution in [2.24, 2.45) is 0 Å². The zero-order valence-corrected chi connectivity index (χ0v) is 10.2. The molecule has 0 aliphatic rings. The number of halogens is 1. The zero-order valence-electron chi connectivity index (χ0n) is 9.36. The fourth-order valence-corrected chi connectivity index (χ4v) is 1.06. The van der Waals surface area contributed by atoms with Gasteiger partial charge in [-0.25, -0.2) is 4.79 Å². The number of carbonyl (C=O) groups excluding carboxylic acids is 1. The van der Waals surface area contributed by atoms with Crippen molar-refractivity contribution in [2.75, 3.05) is 25.6 Å². The minimum atomic E-state index is -0.352. The SMILES string of the molecule is CCOC(=O)COc1ccc(NC)cc1.Cl. The molecule has 1 aromatic carbocycles. The fraction of sp³-hybridized carbons (Fsp3) is 0.364. The van der Waals surface area contributed by atoms with Gasteiger partial charge < -0.3 is 14.8 Å². The molecular formula is C11H16ClNO3. The number of esters is 1. The van der Waals surface area contributed by atoms with Gasteiger partial charge in [-0.2, -0.15) is 0 Å². The van der Waals surface area contributed by atoms with Crippen LogP contribution in [-0.2, 0) is 9.53 Å². The summed E-state index contributed by atoms with van der Waals surface area (Å²) in [6.07, 6.45) is 0. The van der Waals surface area contributed by atoms with Gasteiger partial charge in [-0.1, -0.05) is 0 Å². The van der Waals surface area contributed by atoms with Crippen LogP contribution in [0.4, 0.5) is 5.69 Å². The van der Waals surface area contributed by atoms with Crippen LogP contribution < -0.4 is 10.1 Å². The topological polar surface area (TPSA) is 47.6 Å². The van der Waals surface area contributed by atoms with E-state index < -0.39 is 0 Å². The van der Waals surface area contributed by atoms with Crippen molar-refractivity contribution in [1.82, 2.24) is 0 Å². The van der Waals surface area contributed by atoms with Crippen LogP contribution in [0.3, 0.4) is 0 Å². The fourth-order valence-electron chi connectivity index (χ4n) is 1.06. The lowest BCUT2D eigenvalue weighted by molar-refractivity contribution is -0.145. The van der Waals surface area contributed by atoms with Gasteiger partial charge in [-0.3, -0.25) is 0 Å². The lowest BCUT2D eigenvalue weighted by Crippen LogP contribution is -2.14. The van der Waals surface area contributed by atoms with Gasteiger partial charge >= 0.3 is 5.97 Å². The summed E-state index contributed by atoms with van der Waals surface area (Å²) in [6, 6.07) is 7.34. The Balaban J connectivity index is 0.00000225. The first-order valence-corrected chi connectivity index (χ1v) is 4.82. The van der Waals surface area contributed by atoms with Gasteiger partial charge in [0.1, 0.15) is 5.75 Å². The zero-order chi connectivity index (χ0) is 11.1. The van der Waals surface area contributed by atoms with E-state index in [2.05, 4.69) is 5.32 Å². The largest absolute Gasteiger partial charge is 0.482 e. The molecule has 0 amide bonds. The number of rotatable bonds is 5. The van der Waals surface area contributed by atoms with E-state index in [-0.39, 0.29) is 25.0 Å². The van der Waals surface area contributed by atoms with E-state index in [9.17, 15) is 4.79 Å². The lowest BCUT2D eigenvalue weighted by Gasteiger charge is -2.06. The van der Waals surface area contributed by atoms with Gasteiger partial charge in [0.15, 0.2) is 6.61 Å². The highest BCUT2D eigenvalue weighted by Gasteiger charge is 2.02. The molecule has 0 bridgehead atoms. The van der Waals surface area contributed by atoms with Crippen molar-refractivity contribution in [3.8, 4) is 5.75 Å². The van der Waals surface area contributed by atoms with Crippen LogP contribution in [0.5, 0.6) is 5.75 Å². The van der Waals surface area contributed by atoms with Gasteiger partial charge in [0.25, 0.3) is 0 Å². The molecule has 5 heteroatoms. The molecule has 0 spiro atoms. The minimum Gasteiger partial charge on any atom is -0.482 e. The van der Waals surface area contributed by atoms with E-state index >= 15 is 0 Å². The Morgan fingerprint density at radius 3 is 2.44 bits per heavy atom. The van der Waals surface area contributed by atoms with Gasteiger partial charge in [0, 0.05) is 12.7 Å². The second-order valence-electron chi connectivity index (χ2n) is 2.87. The molecule has 0 aromatic heterocycles. The molecule has 4 nitrogen and oxygen atoms in total. The van der Waals surface area contributed by atoms with E-state index in [0.29, 0.717) is 12.4 Å². The summed E-state index contributed by atoms with van der Waals surface area (Å²) in [4.78, 5) is 11.0. The summed E-state index contributed by atoms with van der Waals surface area (Å²) in [7, 11) is 1.84. The molecule has 0 saturated heterocycles.